The lowest BCUT2D eigenvalue weighted by Gasteiger charge is -2.13. The van der Waals surface area contributed by atoms with Crippen LogP contribution in [0.4, 0.5) is 0 Å². The van der Waals surface area contributed by atoms with Crippen LogP contribution in [0, 0.1) is 18.9 Å². The minimum Gasteiger partial charge on any atom is -0.494 e. The predicted molar refractivity (Wildman–Crippen MR) is 124 cm³/mol. The summed E-state index contributed by atoms with van der Waals surface area (Å²) in [5, 5.41) is 10.2. The Bertz CT molecular complexity index is 1430. The van der Waals surface area contributed by atoms with Gasteiger partial charge in [0.1, 0.15) is 42.0 Å². The summed E-state index contributed by atoms with van der Waals surface area (Å²) < 4.78 is 17.9. The normalized spacial score (nSPS) is 13.8. The third kappa shape index (κ3) is 3.51. The van der Waals surface area contributed by atoms with Crippen LogP contribution in [0.1, 0.15) is 18.4 Å². The van der Waals surface area contributed by atoms with E-state index in [1.165, 1.54) is 19.2 Å². The lowest BCUT2D eigenvalue weighted by molar-refractivity contribution is 0.293. The molecule has 0 bridgehead atoms. The van der Waals surface area contributed by atoms with E-state index in [2.05, 4.69) is 39.8 Å². The van der Waals surface area contributed by atoms with E-state index in [4.69, 9.17) is 14.6 Å². The highest BCUT2D eigenvalue weighted by Crippen LogP contribution is 2.40. The second-order valence-electron chi connectivity index (χ2n) is 8.56. The molecule has 1 fully saturated rings. The fourth-order valence-corrected chi connectivity index (χ4v) is 4.51. The molecule has 4 heterocycles. The van der Waals surface area contributed by atoms with Crippen LogP contribution in [0.15, 0.2) is 49.2 Å². The maximum Gasteiger partial charge on any atom is 0.145 e. The summed E-state index contributed by atoms with van der Waals surface area (Å²) >= 11 is 0. The number of ether oxygens (including phenoxy) is 2. The van der Waals surface area contributed by atoms with Crippen molar-refractivity contribution >= 4 is 16.4 Å². The van der Waals surface area contributed by atoms with E-state index in [1.807, 2.05) is 28.9 Å². The second kappa shape index (κ2) is 7.95. The van der Waals surface area contributed by atoms with Crippen molar-refractivity contribution in [3.05, 3.63) is 60.8 Å². The van der Waals surface area contributed by atoms with Crippen LogP contribution in [0.25, 0.3) is 27.8 Å². The number of aryl methyl sites for hydroxylation is 1. The minimum absolute atomic E-state index is 0.521. The first-order chi connectivity index (χ1) is 16.2. The Kier molecular flexibility index (Phi) is 4.78. The van der Waals surface area contributed by atoms with E-state index >= 15 is 0 Å². The monoisotopic (exact) mass is 441 g/mol. The first-order valence-corrected chi connectivity index (χ1v) is 11.2. The Balaban J connectivity index is 1.46. The Morgan fingerprint density at radius 3 is 2.88 bits per heavy atom. The molecule has 1 saturated carbocycles. The maximum absolute atomic E-state index is 6.25. The molecule has 6 rings (SSSR count). The Labute approximate surface area is 191 Å². The summed E-state index contributed by atoms with van der Waals surface area (Å²) in [4.78, 5) is 4.00. The van der Waals surface area contributed by atoms with Crippen molar-refractivity contribution in [2.24, 2.45) is 5.92 Å². The number of hydrogen-bond donors (Lipinski definition) is 0. The Hall–Kier alpha value is -3.81. The van der Waals surface area contributed by atoms with E-state index in [1.54, 1.807) is 18.1 Å². The smallest absolute Gasteiger partial charge is 0.145 e. The molecule has 0 atom stereocenters. The van der Waals surface area contributed by atoms with Crippen LogP contribution in [0.5, 0.6) is 11.5 Å². The molecule has 33 heavy (non-hydrogen) atoms. The SMILES string of the molecule is COc1c[c]cn2nc(-c3cc4cccc(OCCn5cncn5)c4n3CC3CC3)c(C)c12. The number of rotatable bonds is 8. The van der Waals surface area contributed by atoms with Gasteiger partial charge in [0.05, 0.1) is 24.9 Å². The average molecular weight is 442 g/mol. The number of fused-ring (bicyclic) bond motifs is 2. The summed E-state index contributed by atoms with van der Waals surface area (Å²) in [7, 11) is 1.68. The Morgan fingerprint density at radius 1 is 1.18 bits per heavy atom. The summed E-state index contributed by atoms with van der Waals surface area (Å²) in [6.07, 6.45) is 7.62. The van der Waals surface area contributed by atoms with E-state index in [0.29, 0.717) is 19.1 Å². The van der Waals surface area contributed by atoms with Crippen LogP contribution in [0.2, 0.25) is 0 Å². The van der Waals surface area contributed by atoms with Crippen LogP contribution in [-0.4, -0.2) is 42.7 Å². The molecule has 8 heteroatoms. The van der Waals surface area contributed by atoms with Crippen molar-refractivity contribution in [1.29, 1.82) is 0 Å². The van der Waals surface area contributed by atoms with Crippen molar-refractivity contribution in [3.63, 3.8) is 0 Å². The summed E-state index contributed by atoms with van der Waals surface area (Å²) in [5.41, 5.74) is 5.24. The fourth-order valence-electron chi connectivity index (χ4n) is 4.51. The molecule has 0 spiro atoms. The number of nitrogens with zero attached hydrogens (tertiary/aromatic N) is 6. The largest absolute Gasteiger partial charge is 0.494 e. The molecule has 1 aliphatic carbocycles. The molecule has 1 aromatic carbocycles. The molecular weight excluding hydrogens is 416 g/mol. The number of hydrogen-bond acceptors (Lipinski definition) is 5. The first-order valence-electron chi connectivity index (χ1n) is 11.2. The summed E-state index contributed by atoms with van der Waals surface area (Å²) in [6, 6.07) is 13.4. The predicted octanol–water partition coefficient (Wildman–Crippen LogP) is 4.15. The van der Waals surface area contributed by atoms with Crippen molar-refractivity contribution in [1.82, 2.24) is 28.9 Å². The lowest BCUT2D eigenvalue weighted by Crippen LogP contribution is -2.10. The number of benzene rings is 1. The van der Waals surface area contributed by atoms with Gasteiger partial charge in [-0.25, -0.2) is 14.2 Å². The van der Waals surface area contributed by atoms with Gasteiger partial charge in [0.25, 0.3) is 0 Å². The van der Waals surface area contributed by atoms with Gasteiger partial charge in [-0.15, -0.1) is 0 Å². The van der Waals surface area contributed by atoms with Gasteiger partial charge < -0.3 is 14.0 Å². The molecule has 0 aliphatic heterocycles. The van der Waals surface area contributed by atoms with Crippen molar-refractivity contribution in [2.45, 2.75) is 32.9 Å². The molecule has 0 amide bonds. The highest BCUT2D eigenvalue weighted by Gasteiger charge is 2.27. The van der Waals surface area contributed by atoms with E-state index < -0.39 is 0 Å². The first kappa shape index (κ1) is 19.8. The Morgan fingerprint density at radius 2 is 2.09 bits per heavy atom. The third-order valence-electron chi connectivity index (χ3n) is 6.32. The van der Waals surface area contributed by atoms with E-state index in [9.17, 15) is 0 Å². The molecule has 5 aromatic rings. The molecule has 0 saturated heterocycles. The molecule has 1 aliphatic rings. The molecular formula is C25H25N6O2. The van der Waals surface area contributed by atoms with Crippen LogP contribution >= 0.6 is 0 Å². The molecule has 167 valence electrons. The highest BCUT2D eigenvalue weighted by molar-refractivity contribution is 5.92. The number of pyridine rings is 1. The van der Waals surface area contributed by atoms with Gasteiger partial charge in [-0.1, -0.05) is 12.1 Å². The second-order valence-corrected chi connectivity index (χ2v) is 8.56. The lowest BCUT2D eigenvalue weighted by atomic mass is 10.1. The average Bonchev–Trinajstić information content (AvgIpc) is 3.20. The van der Waals surface area contributed by atoms with Crippen molar-refractivity contribution in [3.8, 4) is 22.9 Å². The minimum atomic E-state index is 0.521. The van der Waals surface area contributed by atoms with Crippen LogP contribution < -0.4 is 9.47 Å². The zero-order valence-electron chi connectivity index (χ0n) is 18.7. The highest BCUT2D eigenvalue weighted by atomic mass is 16.5. The van der Waals surface area contributed by atoms with Gasteiger partial charge in [-0.2, -0.15) is 10.2 Å². The van der Waals surface area contributed by atoms with Gasteiger partial charge >= 0.3 is 0 Å². The van der Waals surface area contributed by atoms with Gasteiger partial charge in [0, 0.05) is 29.8 Å². The van der Waals surface area contributed by atoms with Crippen LogP contribution in [0.3, 0.4) is 0 Å². The summed E-state index contributed by atoms with van der Waals surface area (Å²) in [6.45, 7) is 4.23. The van der Waals surface area contributed by atoms with Gasteiger partial charge in [-0.05, 0) is 43.9 Å². The van der Waals surface area contributed by atoms with Gasteiger partial charge in [-0.3, -0.25) is 0 Å². The summed E-state index contributed by atoms with van der Waals surface area (Å²) in [5.74, 6) is 2.35. The number of methoxy groups -OCH3 is 1. The zero-order chi connectivity index (χ0) is 22.4. The van der Waals surface area contributed by atoms with E-state index in [-0.39, 0.29) is 0 Å². The van der Waals surface area contributed by atoms with Crippen molar-refractivity contribution in [2.75, 3.05) is 13.7 Å². The van der Waals surface area contributed by atoms with Gasteiger partial charge in [0.2, 0.25) is 0 Å². The maximum atomic E-state index is 6.25. The molecule has 4 aromatic heterocycles. The van der Waals surface area contributed by atoms with Gasteiger partial charge in [0.15, 0.2) is 0 Å². The quantitative estimate of drug-likeness (QED) is 0.362. The zero-order valence-corrected chi connectivity index (χ0v) is 18.7. The fraction of sp³-hybridized carbons (Fsp3) is 0.320. The molecule has 8 nitrogen and oxygen atoms in total. The van der Waals surface area contributed by atoms with E-state index in [0.717, 1.165) is 51.4 Å². The molecule has 0 N–H and O–H groups in total. The standard InChI is InChI=1S/C25H25N6O2/c1-17-23(28-31-10-4-7-21(32-2)24(17)31)20-13-19-5-3-6-22(25(19)30(20)14-18-8-9-18)33-12-11-29-16-26-15-27-29/h3,5-7,10,13,15-16,18H,8-9,11-12,14H2,1-2H3. The van der Waals surface area contributed by atoms with Crippen LogP contribution in [-0.2, 0) is 13.1 Å². The number of aromatic nitrogens is 6. The van der Waals surface area contributed by atoms with Crippen molar-refractivity contribution < 1.29 is 9.47 Å². The molecule has 1 radical (unpaired) electrons. The topological polar surface area (TPSA) is 71.4 Å². The third-order valence-corrected chi connectivity index (χ3v) is 6.32. The number of para-hydroxylation sites is 1. The molecule has 0 unspecified atom stereocenters.